The van der Waals surface area contributed by atoms with E-state index in [0.717, 1.165) is 51.6 Å². The number of aryl methyl sites for hydroxylation is 1. The smallest absolute Gasteiger partial charge is 0.319 e. The molecule has 0 amide bonds. The minimum atomic E-state index is -0.896. The predicted molar refractivity (Wildman–Crippen MR) is 168 cm³/mol. The molecule has 5 aliphatic heterocycles. The first-order valence-corrected chi connectivity index (χ1v) is 16.7. The Kier molecular flexibility index (Phi) is 7.67. The highest BCUT2D eigenvalue weighted by molar-refractivity contribution is 6.32. The number of ether oxygens (including phenoxy) is 1. The third-order valence-corrected chi connectivity index (χ3v) is 10.5. The molecule has 3 atom stereocenters. The van der Waals surface area contributed by atoms with Gasteiger partial charge in [-0.1, -0.05) is 16.8 Å². The Morgan fingerprint density at radius 2 is 1.98 bits per heavy atom. The molecule has 8 heterocycles. The van der Waals surface area contributed by atoms with Gasteiger partial charge in [-0.15, -0.1) is 0 Å². The summed E-state index contributed by atoms with van der Waals surface area (Å²) in [5.41, 5.74) is 0.817. The van der Waals surface area contributed by atoms with E-state index in [1.165, 1.54) is 12.1 Å². The van der Waals surface area contributed by atoms with Gasteiger partial charge in [0.15, 0.2) is 11.6 Å². The van der Waals surface area contributed by atoms with Crippen LogP contribution in [-0.4, -0.2) is 79.6 Å². The second-order valence-corrected chi connectivity index (χ2v) is 13.7. The number of fused-ring (bicyclic) bond motifs is 5. The molecule has 3 aromatic heterocycles. The molecule has 13 heteroatoms. The quantitative estimate of drug-likeness (QED) is 0.289. The Morgan fingerprint density at radius 3 is 2.89 bits per heavy atom. The van der Waals surface area contributed by atoms with Gasteiger partial charge in [-0.3, -0.25) is 9.88 Å². The third kappa shape index (κ3) is 5.42. The van der Waals surface area contributed by atoms with Crippen molar-refractivity contribution in [1.29, 1.82) is 0 Å². The summed E-state index contributed by atoms with van der Waals surface area (Å²) in [7, 11) is 0. The molecule has 5 aliphatic rings. The van der Waals surface area contributed by atoms with Gasteiger partial charge in [0, 0.05) is 55.7 Å². The number of aromatic hydroxyl groups is 1. The first-order chi connectivity index (χ1) is 22.3. The van der Waals surface area contributed by atoms with E-state index in [1.54, 1.807) is 6.20 Å². The van der Waals surface area contributed by atoms with Crippen LogP contribution >= 0.6 is 11.6 Å². The summed E-state index contributed by atoms with van der Waals surface area (Å²) in [6.07, 6.45) is 8.15. The fraction of sp³-hybridized carbons (Fsp3) is 0.545. The molecule has 0 saturated carbocycles. The van der Waals surface area contributed by atoms with Gasteiger partial charge in [-0.05, 0) is 75.1 Å². The van der Waals surface area contributed by atoms with Crippen LogP contribution in [0.2, 0.25) is 5.02 Å². The van der Waals surface area contributed by atoms with E-state index in [-0.39, 0.29) is 35.5 Å². The van der Waals surface area contributed by atoms with Crippen LogP contribution in [0, 0.1) is 11.7 Å². The zero-order valence-electron chi connectivity index (χ0n) is 25.5. The average molecular weight is 652 g/mol. The fourth-order valence-corrected chi connectivity index (χ4v) is 8.29. The van der Waals surface area contributed by atoms with Gasteiger partial charge in [0.05, 0.1) is 10.9 Å². The zero-order valence-corrected chi connectivity index (χ0v) is 26.3. The van der Waals surface area contributed by atoms with Crippen LogP contribution in [0.4, 0.5) is 14.6 Å². The maximum Gasteiger partial charge on any atom is 0.319 e. The largest absolute Gasteiger partial charge is 0.508 e. The van der Waals surface area contributed by atoms with Crippen molar-refractivity contribution >= 4 is 28.3 Å². The fourth-order valence-electron chi connectivity index (χ4n) is 7.99. The van der Waals surface area contributed by atoms with Gasteiger partial charge in [0.25, 0.3) is 0 Å². The number of piperidine rings is 1. The Morgan fingerprint density at radius 1 is 1.09 bits per heavy atom. The lowest BCUT2D eigenvalue weighted by Crippen LogP contribution is -2.43. The number of hydrogen-bond acceptors (Lipinski definition) is 10. The zero-order chi connectivity index (χ0) is 31.4. The van der Waals surface area contributed by atoms with E-state index in [0.29, 0.717) is 77.8 Å². The van der Waals surface area contributed by atoms with Crippen molar-refractivity contribution in [3.8, 4) is 23.0 Å². The molecular formula is C33H36ClF2N7O3. The lowest BCUT2D eigenvalue weighted by Gasteiger charge is -2.34. The normalized spacial score (nSPS) is 25.1. The van der Waals surface area contributed by atoms with E-state index in [1.807, 2.05) is 0 Å². The van der Waals surface area contributed by atoms with E-state index < -0.39 is 17.5 Å². The molecular weight excluding hydrogens is 616 g/mol. The van der Waals surface area contributed by atoms with E-state index in [4.69, 9.17) is 25.8 Å². The van der Waals surface area contributed by atoms with Gasteiger partial charge < -0.3 is 19.3 Å². The summed E-state index contributed by atoms with van der Waals surface area (Å²) in [5.74, 6) is 1.35. The molecule has 1 N–H and O–H groups in total. The number of rotatable bonds is 3. The van der Waals surface area contributed by atoms with Crippen molar-refractivity contribution in [2.75, 3.05) is 37.7 Å². The molecule has 3 fully saturated rings. The molecule has 0 spiro atoms. The number of hydrogen-bond donors (Lipinski definition) is 1. The molecule has 242 valence electrons. The topological polar surface area (TPSA) is 114 Å². The standard InChI is InChI=1S/C33H36ClF2N7O3/c34-25-13-21(44)12-23-22(25)6-1-2-7-27-38-26(41-46-27)11-19-5-3-9-42(16-19)31-24-15-37-29(23)28(36)30(24)39-32(40-31)45-18-33-8-4-10-43(33)17-20(35)14-33/h12-13,15,19-20,44H,1-11,14,16-18H2/t19?,20-,33+/m1/s1. The van der Waals surface area contributed by atoms with Crippen molar-refractivity contribution in [3.05, 3.63) is 46.4 Å². The first-order valence-electron chi connectivity index (χ1n) is 16.3. The Bertz CT molecular complexity index is 1790. The molecule has 1 aromatic carbocycles. The summed E-state index contributed by atoms with van der Waals surface area (Å²) in [4.78, 5) is 23.0. The molecule has 3 saturated heterocycles. The molecule has 10 nitrogen and oxygen atoms in total. The maximum atomic E-state index is 16.8. The van der Waals surface area contributed by atoms with Crippen molar-refractivity contribution in [1.82, 2.24) is 30.0 Å². The van der Waals surface area contributed by atoms with Gasteiger partial charge in [-0.2, -0.15) is 15.0 Å². The average Bonchev–Trinajstić information content (AvgIpc) is 3.73. The van der Waals surface area contributed by atoms with Crippen LogP contribution in [0.1, 0.15) is 62.2 Å². The second kappa shape index (κ2) is 11.9. The van der Waals surface area contributed by atoms with Crippen molar-refractivity contribution < 1.29 is 23.1 Å². The number of phenols is 1. The van der Waals surface area contributed by atoms with Gasteiger partial charge in [0.2, 0.25) is 5.89 Å². The Hall–Kier alpha value is -3.64. The summed E-state index contributed by atoms with van der Waals surface area (Å²) in [6, 6.07) is 3.01. The van der Waals surface area contributed by atoms with E-state index in [9.17, 15) is 9.50 Å². The molecule has 0 aliphatic carbocycles. The van der Waals surface area contributed by atoms with Crippen LogP contribution in [0.25, 0.3) is 22.2 Å². The summed E-state index contributed by atoms with van der Waals surface area (Å²) < 4.78 is 43.1. The number of nitrogens with zero attached hydrogens (tertiary/aromatic N) is 7. The first kappa shape index (κ1) is 29.7. The predicted octanol–water partition coefficient (Wildman–Crippen LogP) is 5.87. The van der Waals surface area contributed by atoms with Crippen LogP contribution in [0.15, 0.2) is 22.9 Å². The van der Waals surface area contributed by atoms with Gasteiger partial charge in [0.1, 0.15) is 35.6 Å². The summed E-state index contributed by atoms with van der Waals surface area (Å²) in [5, 5.41) is 15.5. The van der Waals surface area contributed by atoms with Crippen molar-refractivity contribution in [2.24, 2.45) is 5.92 Å². The lowest BCUT2D eigenvalue weighted by atomic mass is 9.94. The van der Waals surface area contributed by atoms with E-state index >= 15 is 4.39 Å². The monoisotopic (exact) mass is 651 g/mol. The van der Waals surface area contributed by atoms with Crippen LogP contribution < -0.4 is 9.64 Å². The van der Waals surface area contributed by atoms with Crippen molar-refractivity contribution in [2.45, 2.75) is 75.9 Å². The number of aromatic nitrogens is 5. The number of benzene rings is 1. The van der Waals surface area contributed by atoms with Crippen molar-refractivity contribution in [3.63, 3.8) is 0 Å². The molecule has 1 unspecified atom stereocenters. The highest BCUT2D eigenvalue weighted by Gasteiger charge is 2.49. The Balaban J connectivity index is 1.25. The highest BCUT2D eigenvalue weighted by Crippen LogP contribution is 2.42. The second-order valence-electron chi connectivity index (χ2n) is 13.3. The molecule has 9 rings (SSSR count). The third-order valence-electron chi connectivity index (χ3n) is 10.2. The van der Waals surface area contributed by atoms with Gasteiger partial charge >= 0.3 is 6.01 Å². The summed E-state index contributed by atoms with van der Waals surface area (Å²) in [6.45, 7) is 2.85. The van der Waals surface area contributed by atoms with Gasteiger partial charge in [-0.25, -0.2) is 8.78 Å². The number of halogens is 3. The molecule has 8 bridgehead atoms. The lowest BCUT2D eigenvalue weighted by molar-refractivity contribution is 0.107. The number of anilines is 1. The number of alkyl halides is 1. The SMILES string of the molecule is Oc1cc(Cl)c2c(c1)-c1ncc3c(nc(OC[C@@]45CCCN4C[C@H](F)C5)nc3c1F)N1CCCC(Cc3noc(n3)CCCC2)C1. The Labute approximate surface area is 270 Å². The molecule has 0 radical (unpaired) electrons. The van der Waals surface area contributed by atoms with Crippen LogP contribution in [-0.2, 0) is 19.3 Å². The summed E-state index contributed by atoms with van der Waals surface area (Å²) >= 11 is 6.64. The number of phenolic OH excluding ortho intramolecular Hbond substituents is 1. The maximum absolute atomic E-state index is 16.8. The minimum Gasteiger partial charge on any atom is -0.508 e. The molecule has 46 heavy (non-hydrogen) atoms. The van der Waals surface area contributed by atoms with E-state index in [2.05, 4.69) is 29.9 Å². The number of pyridine rings is 1. The highest BCUT2D eigenvalue weighted by atomic mass is 35.5. The molecule has 4 aromatic rings. The van der Waals surface area contributed by atoms with Crippen LogP contribution in [0.5, 0.6) is 11.8 Å². The minimum absolute atomic E-state index is 0.0479. The van der Waals surface area contributed by atoms with Crippen LogP contribution in [0.3, 0.4) is 0 Å².